The topological polar surface area (TPSA) is 102 Å². The summed E-state index contributed by atoms with van der Waals surface area (Å²) in [6, 6.07) is 1.08. The van der Waals surface area contributed by atoms with Crippen LogP contribution in [0.25, 0.3) is 0 Å². The fourth-order valence-electron chi connectivity index (χ4n) is 2.18. The number of likely N-dealkylation sites (tertiary alicyclic amines) is 1. The van der Waals surface area contributed by atoms with E-state index < -0.39 is 11.6 Å². The molecule has 8 nitrogen and oxygen atoms in total. The summed E-state index contributed by atoms with van der Waals surface area (Å²) in [5.74, 6) is -1.41. The van der Waals surface area contributed by atoms with Crippen LogP contribution in [0.15, 0.2) is 10.6 Å². The summed E-state index contributed by atoms with van der Waals surface area (Å²) in [7, 11) is 0. The Balaban J connectivity index is 1.90. The summed E-state index contributed by atoms with van der Waals surface area (Å²) < 4.78 is 15.4. The van der Waals surface area contributed by atoms with Crippen LogP contribution in [0.1, 0.15) is 44.2 Å². The normalized spacial score (nSPS) is 18.3. The zero-order valence-corrected chi connectivity index (χ0v) is 12.9. The Bertz CT molecular complexity index is 548. The zero-order chi connectivity index (χ0) is 16.3. The first-order valence-electron chi connectivity index (χ1n) is 7.09. The molecule has 1 N–H and O–H groups in total. The second-order valence-corrected chi connectivity index (χ2v) is 6.12. The van der Waals surface area contributed by atoms with Crippen molar-refractivity contribution in [3.63, 3.8) is 0 Å². The fourth-order valence-corrected chi connectivity index (χ4v) is 2.18. The largest absolute Gasteiger partial charge is 0.475 e. The molecule has 122 valence electrons. The van der Waals surface area contributed by atoms with E-state index in [0.29, 0.717) is 6.54 Å². The predicted octanol–water partition coefficient (Wildman–Crippen LogP) is 2.15. The molecule has 1 amide bonds. The molecule has 1 aromatic heterocycles. The first-order chi connectivity index (χ1) is 10.3. The predicted molar refractivity (Wildman–Crippen MR) is 74.9 cm³/mol. The zero-order valence-electron chi connectivity index (χ0n) is 12.9. The number of nitrogens with zero attached hydrogens (tertiary/aromatic N) is 2. The van der Waals surface area contributed by atoms with Gasteiger partial charge in [0.15, 0.2) is 0 Å². The van der Waals surface area contributed by atoms with Gasteiger partial charge in [-0.2, -0.15) is 0 Å². The Morgan fingerprint density at radius 1 is 1.50 bits per heavy atom. The van der Waals surface area contributed by atoms with Crippen molar-refractivity contribution < 1.29 is 28.7 Å². The van der Waals surface area contributed by atoms with Gasteiger partial charge in [0.25, 0.3) is 5.88 Å². The third kappa shape index (κ3) is 4.12. The summed E-state index contributed by atoms with van der Waals surface area (Å²) in [4.78, 5) is 24.4. The quantitative estimate of drug-likeness (QED) is 0.908. The maximum Gasteiger partial charge on any atom is 0.410 e. The highest BCUT2D eigenvalue weighted by Gasteiger charge is 2.32. The average Bonchev–Trinajstić information content (AvgIpc) is 3.03. The Morgan fingerprint density at radius 3 is 2.82 bits per heavy atom. The molecular weight excluding hydrogens is 292 g/mol. The number of carbonyl (C=O) groups is 2. The number of carboxylic acid groups (broad SMARTS) is 1. The van der Waals surface area contributed by atoms with E-state index >= 15 is 0 Å². The molecule has 1 aliphatic rings. The molecule has 1 fully saturated rings. The molecule has 0 aromatic carbocycles. The highest BCUT2D eigenvalue weighted by atomic mass is 16.6. The smallest absolute Gasteiger partial charge is 0.410 e. The number of aromatic nitrogens is 1. The molecule has 0 saturated carbocycles. The van der Waals surface area contributed by atoms with Crippen molar-refractivity contribution in [1.29, 1.82) is 0 Å². The minimum absolute atomic E-state index is 0.0911. The minimum atomic E-state index is -1.21. The van der Waals surface area contributed by atoms with E-state index in [2.05, 4.69) is 9.68 Å². The molecule has 0 spiro atoms. The lowest BCUT2D eigenvalue weighted by molar-refractivity contribution is 0.0184. The van der Waals surface area contributed by atoms with Crippen molar-refractivity contribution in [3.8, 4) is 5.88 Å². The second-order valence-electron chi connectivity index (χ2n) is 6.12. The summed E-state index contributed by atoms with van der Waals surface area (Å²) in [6.45, 7) is 6.27. The van der Waals surface area contributed by atoms with Gasteiger partial charge in [-0.25, -0.2) is 9.59 Å². The van der Waals surface area contributed by atoms with Crippen LogP contribution in [0.3, 0.4) is 0 Å². The van der Waals surface area contributed by atoms with Crippen molar-refractivity contribution in [2.45, 2.75) is 45.3 Å². The number of hydrogen-bond donors (Lipinski definition) is 1. The molecule has 0 radical (unpaired) electrons. The molecule has 1 atom stereocenters. The van der Waals surface area contributed by atoms with Crippen LogP contribution >= 0.6 is 0 Å². The average molecular weight is 312 g/mol. The van der Waals surface area contributed by atoms with Gasteiger partial charge in [0.05, 0.1) is 12.1 Å². The fraction of sp³-hybridized carbons (Fsp3) is 0.643. The summed E-state index contributed by atoms with van der Waals surface area (Å²) >= 11 is 0. The van der Waals surface area contributed by atoms with Crippen molar-refractivity contribution >= 4 is 12.1 Å². The van der Waals surface area contributed by atoms with Crippen LogP contribution in [0.5, 0.6) is 5.88 Å². The number of amides is 1. The van der Waals surface area contributed by atoms with Crippen LogP contribution in [0, 0.1) is 0 Å². The molecule has 0 bridgehead atoms. The monoisotopic (exact) mass is 312 g/mol. The first-order valence-corrected chi connectivity index (χ1v) is 7.09. The van der Waals surface area contributed by atoms with Crippen molar-refractivity contribution in [2.24, 2.45) is 0 Å². The van der Waals surface area contributed by atoms with E-state index in [-0.39, 0.29) is 30.4 Å². The highest BCUT2D eigenvalue weighted by molar-refractivity contribution is 5.84. The van der Waals surface area contributed by atoms with Gasteiger partial charge >= 0.3 is 12.1 Å². The molecule has 0 aliphatic carbocycles. The SMILES string of the molecule is CC(C)(C)OC(=O)N1CCC[C@H]1COc1cc(C(=O)O)on1. The van der Waals surface area contributed by atoms with E-state index in [1.165, 1.54) is 6.07 Å². The van der Waals surface area contributed by atoms with Gasteiger partial charge in [0.2, 0.25) is 5.76 Å². The lowest BCUT2D eigenvalue weighted by Crippen LogP contribution is -2.42. The number of aromatic carboxylic acids is 1. The Morgan fingerprint density at radius 2 is 2.23 bits per heavy atom. The van der Waals surface area contributed by atoms with Gasteiger partial charge < -0.3 is 24.0 Å². The third-order valence-electron chi connectivity index (χ3n) is 3.13. The number of rotatable bonds is 4. The van der Waals surface area contributed by atoms with Gasteiger partial charge in [-0.1, -0.05) is 0 Å². The third-order valence-corrected chi connectivity index (χ3v) is 3.13. The number of hydrogen-bond acceptors (Lipinski definition) is 6. The molecule has 0 unspecified atom stereocenters. The number of carbonyl (C=O) groups excluding carboxylic acids is 1. The minimum Gasteiger partial charge on any atom is -0.475 e. The van der Waals surface area contributed by atoms with Gasteiger partial charge in [-0.05, 0) is 38.8 Å². The van der Waals surface area contributed by atoms with Gasteiger partial charge in [-0.3, -0.25) is 0 Å². The maximum atomic E-state index is 12.1. The summed E-state index contributed by atoms with van der Waals surface area (Å²) in [6.07, 6.45) is 1.29. The van der Waals surface area contributed by atoms with E-state index in [0.717, 1.165) is 12.8 Å². The Hall–Kier alpha value is -2.25. The second kappa shape index (κ2) is 6.25. The summed E-state index contributed by atoms with van der Waals surface area (Å²) in [5.41, 5.74) is -0.548. The van der Waals surface area contributed by atoms with Crippen molar-refractivity contribution in [2.75, 3.05) is 13.2 Å². The van der Waals surface area contributed by atoms with E-state index in [4.69, 9.17) is 14.6 Å². The highest BCUT2D eigenvalue weighted by Crippen LogP contribution is 2.22. The molecule has 1 aromatic rings. The standard InChI is InChI=1S/C14H20N2O6/c1-14(2,3)21-13(19)16-6-4-5-9(16)8-20-11-7-10(12(17)18)22-15-11/h7,9H,4-6,8H2,1-3H3,(H,17,18)/t9-/m0/s1. The summed E-state index contributed by atoms with van der Waals surface area (Å²) in [5, 5.41) is 12.3. The van der Waals surface area contributed by atoms with E-state index in [9.17, 15) is 9.59 Å². The molecule has 8 heteroatoms. The van der Waals surface area contributed by atoms with Crippen LogP contribution < -0.4 is 4.74 Å². The van der Waals surface area contributed by atoms with Crippen LogP contribution in [0.2, 0.25) is 0 Å². The van der Waals surface area contributed by atoms with Crippen molar-refractivity contribution in [3.05, 3.63) is 11.8 Å². The van der Waals surface area contributed by atoms with E-state index in [1.807, 2.05) is 20.8 Å². The lowest BCUT2D eigenvalue weighted by atomic mass is 10.2. The number of carboxylic acids is 1. The van der Waals surface area contributed by atoms with Gasteiger partial charge in [0.1, 0.15) is 12.2 Å². The Labute approximate surface area is 128 Å². The molecular formula is C14H20N2O6. The molecule has 1 aliphatic heterocycles. The molecule has 2 rings (SSSR count). The molecule has 2 heterocycles. The number of ether oxygens (including phenoxy) is 2. The Kier molecular flexibility index (Phi) is 4.58. The maximum absolute atomic E-state index is 12.1. The lowest BCUT2D eigenvalue weighted by Gasteiger charge is -2.28. The van der Waals surface area contributed by atoms with Gasteiger partial charge in [-0.15, -0.1) is 0 Å². The first kappa shape index (κ1) is 16.1. The van der Waals surface area contributed by atoms with Crippen LogP contribution in [-0.2, 0) is 4.74 Å². The van der Waals surface area contributed by atoms with Gasteiger partial charge in [0, 0.05) is 6.54 Å². The van der Waals surface area contributed by atoms with Crippen LogP contribution in [-0.4, -0.2) is 52.0 Å². The van der Waals surface area contributed by atoms with E-state index in [1.54, 1.807) is 4.90 Å². The molecule has 1 saturated heterocycles. The molecule has 22 heavy (non-hydrogen) atoms. The van der Waals surface area contributed by atoms with Crippen LogP contribution in [0.4, 0.5) is 4.79 Å². The van der Waals surface area contributed by atoms with Crippen molar-refractivity contribution in [1.82, 2.24) is 10.1 Å².